The maximum absolute atomic E-state index is 4.97. The summed E-state index contributed by atoms with van der Waals surface area (Å²) in [5, 5.41) is 4.99. The van der Waals surface area contributed by atoms with Crippen molar-refractivity contribution in [3.63, 3.8) is 0 Å². The third-order valence-electron chi connectivity index (χ3n) is 5.43. The van der Waals surface area contributed by atoms with Crippen molar-refractivity contribution >= 4 is 32.6 Å². The smallest absolute Gasteiger partial charge is 0.0716 e. The predicted molar refractivity (Wildman–Crippen MR) is 105 cm³/mol. The molecule has 0 unspecified atom stereocenters. The average molecular weight is 317 g/mol. The lowest BCUT2D eigenvalue weighted by Gasteiger charge is -2.08. The van der Waals surface area contributed by atoms with Crippen LogP contribution in [0.4, 0.5) is 0 Å². The van der Waals surface area contributed by atoms with Crippen LogP contribution in [0, 0.1) is 0 Å². The molecule has 5 aromatic rings. The van der Waals surface area contributed by atoms with Gasteiger partial charge in [-0.25, -0.2) is 4.98 Å². The van der Waals surface area contributed by atoms with Crippen molar-refractivity contribution in [2.24, 2.45) is 0 Å². The fourth-order valence-corrected chi connectivity index (χ4v) is 4.22. The van der Waals surface area contributed by atoms with E-state index in [9.17, 15) is 0 Å². The van der Waals surface area contributed by atoms with Crippen molar-refractivity contribution in [2.75, 3.05) is 0 Å². The van der Waals surface area contributed by atoms with Gasteiger partial charge in [-0.3, -0.25) is 0 Å². The summed E-state index contributed by atoms with van der Waals surface area (Å²) in [5.41, 5.74) is 7.71. The molecule has 0 saturated carbocycles. The molecule has 4 aromatic carbocycles. The minimum absolute atomic E-state index is 1.01. The quantitative estimate of drug-likeness (QED) is 0.243. The lowest BCUT2D eigenvalue weighted by molar-refractivity contribution is 1.26. The maximum Gasteiger partial charge on any atom is 0.0716 e. The molecule has 1 heterocycles. The summed E-state index contributed by atoms with van der Waals surface area (Å²) >= 11 is 0. The van der Waals surface area contributed by atoms with E-state index in [1.165, 1.54) is 43.8 Å². The Labute approximate surface area is 145 Å². The molecule has 0 bridgehead atoms. The van der Waals surface area contributed by atoms with Crippen LogP contribution in [-0.2, 0) is 6.42 Å². The molecule has 0 aliphatic heterocycles. The van der Waals surface area contributed by atoms with E-state index in [-0.39, 0.29) is 0 Å². The van der Waals surface area contributed by atoms with Crippen LogP contribution in [0.3, 0.4) is 0 Å². The van der Waals surface area contributed by atoms with Gasteiger partial charge in [0.2, 0.25) is 0 Å². The molecule has 25 heavy (non-hydrogen) atoms. The highest BCUT2D eigenvalue weighted by atomic mass is 14.7. The average Bonchev–Trinajstić information content (AvgIpc) is 3.02. The van der Waals surface area contributed by atoms with Crippen LogP contribution in [0.15, 0.2) is 78.9 Å². The van der Waals surface area contributed by atoms with E-state index in [0.29, 0.717) is 0 Å². The monoisotopic (exact) mass is 317 g/mol. The number of nitrogens with zero attached hydrogens (tertiary/aromatic N) is 1. The molecule has 0 saturated heterocycles. The molecule has 1 heteroatoms. The van der Waals surface area contributed by atoms with Crippen molar-refractivity contribution < 1.29 is 0 Å². The van der Waals surface area contributed by atoms with E-state index in [0.717, 1.165) is 17.5 Å². The predicted octanol–water partition coefficient (Wildman–Crippen LogP) is 6.11. The van der Waals surface area contributed by atoms with Crippen LogP contribution < -0.4 is 0 Å². The molecule has 0 radical (unpaired) electrons. The standard InChI is InChI=1S/C24H15N/c1-3-7-19-15(5-1)9-10-23-22(19)13-18-12-21-17(14-24(18)25-23)11-16-6-2-4-8-20(16)21/h1-10,12-14H,11H2. The van der Waals surface area contributed by atoms with Crippen LogP contribution in [0.2, 0.25) is 0 Å². The first-order chi connectivity index (χ1) is 12.4. The number of fused-ring (bicyclic) bond motifs is 7. The van der Waals surface area contributed by atoms with Gasteiger partial charge in [-0.2, -0.15) is 0 Å². The first-order valence-electron chi connectivity index (χ1n) is 8.70. The lowest BCUT2D eigenvalue weighted by atomic mass is 10.00. The van der Waals surface area contributed by atoms with Crippen LogP contribution >= 0.6 is 0 Å². The minimum Gasteiger partial charge on any atom is -0.248 e. The SMILES string of the molecule is c1ccc2c(c1)Cc1cc3nc4ccc5ccccc5c4cc3cc1-2. The van der Waals surface area contributed by atoms with Crippen LogP contribution in [-0.4, -0.2) is 4.98 Å². The summed E-state index contributed by atoms with van der Waals surface area (Å²) in [7, 11) is 0. The van der Waals surface area contributed by atoms with Crippen molar-refractivity contribution in [1.82, 2.24) is 4.98 Å². The normalized spacial score (nSPS) is 12.6. The van der Waals surface area contributed by atoms with Gasteiger partial charge in [0.1, 0.15) is 0 Å². The molecule has 1 nitrogen and oxygen atoms in total. The summed E-state index contributed by atoms with van der Waals surface area (Å²) in [6.07, 6.45) is 1.01. The molecule has 1 aliphatic carbocycles. The zero-order valence-electron chi connectivity index (χ0n) is 13.7. The number of hydrogen-bond acceptors (Lipinski definition) is 1. The number of pyridine rings is 1. The number of rotatable bonds is 0. The molecule has 116 valence electrons. The maximum atomic E-state index is 4.97. The first kappa shape index (κ1) is 13.1. The van der Waals surface area contributed by atoms with Crippen molar-refractivity contribution in [3.8, 4) is 11.1 Å². The van der Waals surface area contributed by atoms with Gasteiger partial charge in [-0.05, 0) is 63.7 Å². The van der Waals surface area contributed by atoms with Gasteiger partial charge in [-0.15, -0.1) is 0 Å². The first-order valence-corrected chi connectivity index (χ1v) is 8.70. The lowest BCUT2D eigenvalue weighted by Crippen LogP contribution is -1.87. The summed E-state index contributed by atoms with van der Waals surface area (Å²) in [4.78, 5) is 4.97. The van der Waals surface area contributed by atoms with Crippen molar-refractivity contribution in [1.29, 1.82) is 0 Å². The zero-order chi connectivity index (χ0) is 16.4. The van der Waals surface area contributed by atoms with Crippen LogP contribution in [0.1, 0.15) is 11.1 Å². The van der Waals surface area contributed by atoms with Gasteiger partial charge in [0, 0.05) is 10.8 Å². The van der Waals surface area contributed by atoms with Crippen molar-refractivity contribution in [2.45, 2.75) is 6.42 Å². The Balaban J connectivity index is 1.71. The second kappa shape index (κ2) is 4.67. The Bertz CT molecular complexity index is 1310. The zero-order valence-corrected chi connectivity index (χ0v) is 13.7. The van der Waals surface area contributed by atoms with Gasteiger partial charge in [-0.1, -0.05) is 54.6 Å². The highest BCUT2D eigenvalue weighted by molar-refractivity contribution is 6.10. The summed E-state index contributed by atoms with van der Waals surface area (Å²) in [6, 6.07) is 28.5. The van der Waals surface area contributed by atoms with Gasteiger partial charge < -0.3 is 0 Å². The Kier molecular flexibility index (Phi) is 2.46. The van der Waals surface area contributed by atoms with Gasteiger partial charge in [0.15, 0.2) is 0 Å². The topological polar surface area (TPSA) is 12.9 Å². The molecule has 0 amide bonds. The molecular weight excluding hydrogens is 302 g/mol. The highest BCUT2D eigenvalue weighted by Crippen LogP contribution is 2.39. The number of hydrogen-bond donors (Lipinski definition) is 0. The minimum atomic E-state index is 1.01. The molecular formula is C24H15N. The second-order valence-corrected chi connectivity index (χ2v) is 6.88. The number of benzene rings is 4. The van der Waals surface area contributed by atoms with Crippen LogP contribution in [0.5, 0.6) is 0 Å². The largest absolute Gasteiger partial charge is 0.248 e. The third kappa shape index (κ3) is 1.81. The molecule has 6 rings (SSSR count). The summed E-state index contributed by atoms with van der Waals surface area (Å²) in [6.45, 7) is 0. The van der Waals surface area contributed by atoms with E-state index < -0.39 is 0 Å². The highest BCUT2D eigenvalue weighted by Gasteiger charge is 2.19. The fraction of sp³-hybridized carbons (Fsp3) is 0.0417. The Morgan fingerprint density at radius 2 is 1.44 bits per heavy atom. The molecule has 0 N–H and O–H groups in total. The van der Waals surface area contributed by atoms with Gasteiger partial charge >= 0.3 is 0 Å². The molecule has 0 spiro atoms. The van der Waals surface area contributed by atoms with E-state index in [4.69, 9.17) is 4.98 Å². The Hall–Kier alpha value is -3.19. The third-order valence-corrected chi connectivity index (χ3v) is 5.43. The van der Waals surface area contributed by atoms with Gasteiger partial charge in [0.25, 0.3) is 0 Å². The molecule has 1 aliphatic rings. The van der Waals surface area contributed by atoms with Crippen LogP contribution in [0.25, 0.3) is 43.7 Å². The molecule has 0 atom stereocenters. The Morgan fingerprint density at radius 3 is 2.44 bits per heavy atom. The van der Waals surface area contributed by atoms with Crippen molar-refractivity contribution in [3.05, 3.63) is 90.0 Å². The summed E-state index contributed by atoms with van der Waals surface area (Å²) in [5.74, 6) is 0. The molecule has 0 fully saturated rings. The van der Waals surface area contributed by atoms with E-state index in [1.807, 2.05) is 0 Å². The number of aromatic nitrogens is 1. The van der Waals surface area contributed by atoms with E-state index >= 15 is 0 Å². The molecule has 1 aromatic heterocycles. The van der Waals surface area contributed by atoms with E-state index in [1.54, 1.807) is 0 Å². The summed E-state index contributed by atoms with van der Waals surface area (Å²) < 4.78 is 0. The fourth-order valence-electron chi connectivity index (χ4n) is 4.22. The Morgan fingerprint density at radius 1 is 0.560 bits per heavy atom. The van der Waals surface area contributed by atoms with Gasteiger partial charge in [0.05, 0.1) is 11.0 Å². The second-order valence-electron chi connectivity index (χ2n) is 6.88. The van der Waals surface area contributed by atoms with E-state index in [2.05, 4.69) is 78.9 Å².